The van der Waals surface area contributed by atoms with Crippen LogP contribution in [-0.4, -0.2) is 28.3 Å². The molecule has 0 aromatic heterocycles. The van der Waals surface area contributed by atoms with Crippen molar-refractivity contribution >= 4 is 11.8 Å². The van der Waals surface area contributed by atoms with Crippen LogP contribution < -0.4 is 5.32 Å². The zero-order chi connectivity index (χ0) is 17.0. The molecule has 25 heavy (non-hydrogen) atoms. The first-order valence-electron chi connectivity index (χ1n) is 9.84. The van der Waals surface area contributed by atoms with Crippen molar-refractivity contribution in [3.63, 3.8) is 0 Å². The van der Waals surface area contributed by atoms with E-state index in [9.17, 15) is 9.59 Å². The van der Waals surface area contributed by atoms with Gasteiger partial charge in [0.15, 0.2) is 6.04 Å². The highest BCUT2D eigenvalue weighted by Crippen LogP contribution is 2.54. The fourth-order valence-corrected chi connectivity index (χ4v) is 6.58. The molecule has 0 spiro atoms. The quantitative estimate of drug-likeness (QED) is 0.851. The lowest BCUT2D eigenvalue weighted by atomic mass is 9.53. The highest BCUT2D eigenvalue weighted by Gasteiger charge is 2.56. The molecule has 4 aliphatic carbocycles. The summed E-state index contributed by atoms with van der Waals surface area (Å²) in [7, 11) is 0. The van der Waals surface area contributed by atoms with E-state index in [2.05, 4.69) is 5.32 Å². The number of carbonyl (C=O) groups excluding carboxylic acids is 2. The average Bonchev–Trinajstić information content (AvgIpc) is 2.81. The van der Waals surface area contributed by atoms with Crippen LogP contribution in [0.3, 0.4) is 0 Å². The fraction of sp³-hybridized carbons (Fsp3) is 0.619. The first-order valence-corrected chi connectivity index (χ1v) is 9.84. The molecule has 1 heterocycles. The summed E-state index contributed by atoms with van der Waals surface area (Å²) in [5.74, 6) is 2.64. The minimum atomic E-state index is -0.188. The normalized spacial score (nSPS) is 39.4. The Kier molecular flexibility index (Phi) is 3.53. The van der Waals surface area contributed by atoms with E-state index in [1.165, 1.54) is 43.4 Å². The van der Waals surface area contributed by atoms with Gasteiger partial charge in [-0.15, -0.1) is 0 Å². The van der Waals surface area contributed by atoms with Crippen LogP contribution in [0.2, 0.25) is 0 Å². The van der Waals surface area contributed by atoms with E-state index in [0.717, 1.165) is 23.3 Å². The molecule has 1 atom stereocenters. The van der Waals surface area contributed by atoms with Gasteiger partial charge in [0.25, 0.3) is 5.91 Å². The molecule has 2 N–H and O–H groups in total. The number of benzene rings is 1. The summed E-state index contributed by atoms with van der Waals surface area (Å²) in [6, 6.07) is 9.65. The minimum absolute atomic E-state index is 0.000156. The van der Waals surface area contributed by atoms with Crippen molar-refractivity contribution in [3.8, 4) is 0 Å². The monoisotopic (exact) mass is 339 g/mol. The Morgan fingerprint density at radius 2 is 1.56 bits per heavy atom. The maximum atomic E-state index is 12.9. The Hall–Kier alpha value is -1.68. The number of amides is 2. The van der Waals surface area contributed by atoms with Crippen LogP contribution in [0.4, 0.5) is 0 Å². The number of nitrogens with two attached hydrogens (primary N) is 1. The molecule has 4 heteroatoms. The molecule has 4 saturated carbocycles. The summed E-state index contributed by atoms with van der Waals surface area (Å²) in [5.41, 5.74) is 1.28. The predicted molar refractivity (Wildman–Crippen MR) is 93.2 cm³/mol. The number of likely N-dealkylation sites (tertiary alicyclic amines) is 1. The van der Waals surface area contributed by atoms with Gasteiger partial charge < -0.3 is 5.32 Å². The Balaban J connectivity index is 1.31. The maximum Gasteiger partial charge on any atom is 0.288 e. The second kappa shape index (κ2) is 5.66. The Labute approximate surface area is 149 Å². The number of quaternary nitrogens is 1. The van der Waals surface area contributed by atoms with Gasteiger partial charge in [0.05, 0.1) is 18.5 Å². The molecule has 0 radical (unpaired) electrons. The SMILES string of the molecule is O=C1C[C@@H]([NH2+]C23CC4CC(CC(C4)C2)C3)C(=O)N1Cc1ccccc1. The molecule has 6 rings (SSSR count). The van der Waals surface area contributed by atoms with Crippen molar-refractivity contribution in [2.45, 2.75) is 63.1 Å². The Morgan fingerprint density at radius 3 is 2.16 bits per heavy atom. The molecule has 1 aromatic rings. The zero-order valence-corrected chi connectivity index (χ0v) is 14.7. The summed E-state index contributed by atoms with van der Waals surface area (Å²) in [6.45, 7) is 0.420. The number of rotatable bonds is 4. The molecule has 132 valence electrons. The van der Waals surface area contributed by atoms with E-state index in [4.69, 9.17) is 0 Å². The van der Waals surface area contributed by atoms with Gasteiger partial charge in [-0.25, -0.2) is 0 Å². The van der Waals surface area contributed by atoms with Crippen molar-refractivity contribution in [1.29, 1.82) is 0 Å². The van der Waals surface area contributed by atoms with Crippen LogP contribution in [0, 0.1) is 17.8 Å². The van der Waals surface area contributed by atoms with Gasteiger partial charge in [-0.2, -0.15) is 0 Å². The third kappa shape index (κ3) is 2.71. The highest BCUT2D eigenvalue weighted by molar-refractivity contribution is 6.04. The summed E-state index contributed by atoms with van der Waals surface area (Å²) >= 11 is 0. The van der Waals surface area contributed by atoms with Crippen molar-refractivity contribution in [2.75, 3.05) is 0 Å². The lowest BCUT2D eigenvalue weighted by molar-refractivity contribution is -0.755. The van der Waals surface area contributed by atoms with E-state index in [1.54, 1.807) is 0 Å². The van der Waals surface area contributed by atoms with E-state index in [-0.39, 0.29) is 23.4 Å². The van der Waals surface area contributed by atoms with E-state index >= 15 is 0 Å². The average molecular weight is 339 g/mol. The molecule has 2 amide bonds. The molecule has 0 unspecified atom stereocenters. The summed E-state index contributed by atoms with van der Waals surface area (Å²) < 4.78 is 0. The van der Waals surface area contributed by atoms with Gasteiger partial charge >= 0.3 is 0 Å². The summed E-state index contributed by atoms with van der Waals surface area (Å²) in [5, 5.41) is 2.34. The smallest absolute Gasteiger partial charge is 0.288 e. The molecule has 1 aliphatic heterocycles. The molecular weight excluding hydrogens is 312 g/mol. The Morgan fingerprint density at radius 1 is 0.960 bits per heavy atom. The molecule has 1 aromatic carbocycles. The van der Waals surface area contributed by atoms with E-state index in [0.29, 0.717) is 13.0 Å². The number of hydrogen-bond donors (Lipinski definition) is 1. The van der Waals surface area contributed by atoms with Crippen molar-refractivity contribution < 1.29 is 14.9 Å². The van der Waals surface area contributed by atoms with Crippen molar-refractivity contribution in [3.05, 3.63) is 35.9 Å². The molecular formula is C21H27N2O2+. The number of nitrogens with zero attached hydrogens (tertiary/aromatic N) is 1. The van der Waals surface area contributed by atoms with Gasteiger partial charge in [0.2, 0.25) is 5.91 Å². The molecule has 4 bridgehead atoms. The third-order valence-electron chi connectivity index (χ3n) is 7.10. The van der Waals surface area contributed by atoms with Crippen LogP contribution in [0.5, 0.6) is 0 Å². The topological polar surface area (TPSA) is 54.0 Å². The zero-order valence-electron chi connectivity index (χ0n) is 14.7. The fourth-order valence-electron chi connectivity index (χ4n) is 6.58. The van der Waals surface area contributed by atoms with E-state index < -0.39 is 0 Å². The van der Waals surface area contributed by atoms with Gasteiger partial charge in [-0.05, 0) is 42.6 Å². The molecule has 5 aliphatic rings. The van der Waals surface area contributed by atoms with Crippen LogP contribution in [0.1, 0.15) is 50.5 Å². The lowest BCUT2D eigenvalue weighted by Gasteiger charge is -2.55. The summed E-state index contributed by atoms with van der Waals surface area (Å²) in [4.78, 5) is 26.9. The number of hydrogen-bond acceptors (Lipinski definition) is 2. The third-order valence-corrected chi connectivity index (χ3v) is 7.10. The van der Waals surface area contributed by atoms with Gasteiger partial charge in [-0.3, -0.25) is 14.5 Å². The largest absolute Gasteiger partial charge is 0.331 e. The summed E-state index contributed by atoms with van der Waals surface area (Å²) in [6.07, 6.45) is 8.38. The Bertz CT molecular complexity index is 664. The first kappa shape index (κ1) is 15.6. The van der Waals surface area contributed by atoms with Crippen molar-refractivity contribution in [1.82, 2.24) is 4.90 Å². The minimum Gasteiger partial charge on any atom is -0.331 e. The maximum absolute atomic E-state index is 12.9. The van der Waals surface area contributed by atoms with Crippen LogP contribution >= 0.6 is 0 Å². The standard InChI is InChI=1S/C21H26N2O2/c24-19-9-18(20(25)23(19)13-14-4-2-1-3-5-14)22-21-10-15-6-16(11-21)8-17(7-15)12-21/h1-5,15-18,22H,6-13H2/p+1/t15?,16?,17?,18-,21?/m1/s1. The first-order chi connectivity index (χ1) is 12.1. The number of carbonyl (C=O) groups is 2. The van der Waals surface area contributed by atoms with Gasteiger partial charge in [0.1, 0.15) is 0 Å². The van der Waals surface area contributed by atoms with Crippen LogP contribution in [0.25, 0.3) is 0 Å². The predicted octanol–water partition coefficient (Wildman–Crippen LogP) is 1.85. The van der Waals surface area contributed by atoms with E-state index in [1.807, 2.05) is 30.3 Å². The highest BCUT2D eigenvalue weighted by atomic mass is 16.2. The second-order valence-electron chi connectivity index (χ2n) is 9.06. The van der Waals surface area contributed by atoms with Gasteiger partial charge in [-0.1, -0.05) is 30.3 Å². The van der Waals surface area contributed by atoms with Crippen LogP contribution in [0.15, 0.2) is 30.3 Å². The number of imide groups is 1. The molecule has 4 nitrogen and oxygen atoms in total. The second-order valence-corrected chi connectivity index (χ2v) is 9.06. The van der Waals surface area contributed by atoms with Crippen molar-refractivity contribution in [2.24, 2.45) is 17.8 Å². The van der Waals surface area contributed by atoms with Gasteiger partial charge in [0, 0.05) is 19.3 Å². The lowest BCUT2D eigenvalue weighted by Crippen LogP contribution is -3.03. The molecule has 5 fully saturated rings. The van der Waals surface area contributed by atoms with Crippen LogP contribution in [-0.2, 0) is 16.1 Å². The molecule has 1 saturated heterocycles.